The molecule has 0 amide bonds. The highest BCUT2D eigenvalue weighted by molar-refractivity contribution is 7.80. The zero-order valence-corrected chi connectivity index (χ0v) is 8.95. The molecular weight excluding hydrogens is 201 g/mol. The molecule has 4 heteroatoms. The summed E-state index contributed by atoms with van der Waals surface area (Å²) in [6, 6.07) is 4.73. The van der Waals surface area contributed by atoms with E-state index < -0.39 is 0 Å². The minimum Gasteiger partial charge on any atom is -0.494 e. The Morgan fingerprint density at radius 1 is 1.57 bits per heavy atom. The first-order valence-corrected chi connectivity index (χ1v) is 4.61. The number of methoxy groups -OCH3 is 1. The first-order valence-electron chi connectivity index (χ1n) is 4.20. The van der Waals surface area contributed by atoms with E-state index in [-0.39, 0.29) is 11.6 Å². The van der Waals surface area contributed by atoms with Crippen LogP contribution in [0.2, 0.25) is 0 Å². The molecule has 2 nitrogen and oxygen atoms in total. The van der Waals surface area contributed by atoms with E-state index in [2.05, 4.69) is 5.32 Å². The molecule has 76 valence electrons. The summed E-state index contributed by atoms with van der Waals surface area (Å²) >= 11 is 4.87. The molecule has 0 saturated carbocycles. The van der Waals surface area contributed by atoms with Crippen LogP contribution >= 0.6 is 12.2 Å². The van der Waals surface area contributed by atoms with Gasteiger partial charge in [0.25, 0.3) is 0 Å². The highest BCUT2D eigenvalue weighted by Crippen LogP contribution is 2.17. The predicted molar refractivity (Wildman–Crippen MR) is 58.1 cm³/mol. The van der Waals surface area contributed by atoms with Gasteiger partial charge in [-0.05, 0) is 24.6 Å². The van der Waals surface area contributed by atoms with Crippen molar-refractivity contribution in [2.75, 3.05) is 7.11 Å². The lowest BCUT2D eigenvalue weighted by Crippen LogP contribution is -2.17. The first-order chi connectivity index (χ1) is 6.63. The molecule has 14 heavy (non-hydrogen) atoms. The van der Waals surface area contributed by atoms with E-state index in [1.807, 2.05) is 0 Å². The average Bonchev–Trinajstić information content (AvgIpc) is 2.16. The van der Waals surface area contributed by atoms with Crippen molar-refractivity contribution in [2.45, 2.75) is 13.5 Å². The van der Waals surface area contributed by atoms with Crippen molar-refractivity contribution < 1.29 is 9.13 Å². The Balaban J connectivity index is 2.74. The van der Waals surface area contributed by atoms with Crippen molar-refractivity contribution in [3.05, 3.63) is 29.6 Å². The molecule has 0 fully saturated rings. The number of halogens is 1. The number of ether oxygens (including phenoxy) is 1. The second-order valence-corrected chi connectivity index (χ2v) is 3.49. The van der Waals surface area contributed by atoms with E-state index in [0.717, 1.165) is 5.56 Å². The second-order valence-electron chi connectivity index (χ2n) is 2.88. The summed E-state index contributed by atoms with van der Waals surface area (Å²) in [6.07, 6.45) is 0. The van der Waals surface area contributed by atoms with E-state index in [1.54, 1.807) is 19.1 Å². The van der Waals surface area contributed by atoms with Gasteiger partial charge in [0.1, 0.15) is 0 Å². The highest BCUT2D eigenvalue weighted by Gasteiger charge is 2.02. The molecule has 1 aromatic carbocycles. The summed E-state index contributed by atoms with van der Waals surface area (Å²) in [4.78, 5) is 0.716. The third kappa shape index (κ3) is 2.96. The number of hydrogen-bond acceptors (Lipinski definition) is 2. The van der Waals surface area contributed by atoms with Gasteiger partial charge in [-0.2, -0.15) is 0 Å². The van der Waals surface area contributed by atoms with E-state index in [0.29, 0.717) is 11.5 Å². The molecular formula is C10H12FNOS. The van der Waals surface area contributed by atoms with Crippen LogP contribution in [0.4, 0.5) is 4.39 Å². The summed E-state index contributed by atoms with van der Waals surface area (Å²) in [7, 11) is 1.44. The Labute approximate surface area is 88.1 Å². The lowest BCUT2D eigenvalue weighted by Gasteiger charge is -2.06. The van der Waals surface area contributed by atoms with Gasteiger partial charge in [0.15, 0.2) is 11.6 Å². The van der Waals surface area contributed by atoms with Crippen molar-refractivity contribution in [3.8, 4) is 5.75 Å². The van der Waals surface area contributed by atoms with Crippen LogP contribution in [0.15, 0.2) is 18.2 Å². The van der Waals surface area contributed by atoms with Crippen LogP contribution < -0.4 is 10.1 Å². The maximum absolute atomic E-state index is 13.0. The minimum atomic E-state index is -0.352. The van der Waals surface area contributed by atoms with Gasteiger partial charge in [0.05, 0.1) is 12.1 Å². The standard InChI is InChI=1S/C10H12FNOS/c1-7(14)12-6-8-3-4-9(11)10(5-8)13-2/h3-5H,6H2,1-2H3,(H,12,14). The predicted octanol–water partition coefficient (Wildman–Crippen LogP) is 2.27. The SMILES string of the molecule is COc1cc(CNC(C)=S)ccc1F. The van der Waals surface area contributed by atoms with Crippen molar-refractivity contribution in [1.29, 1.82) is 0 Å². The minimum absolute atomic E-state index is 0.256. The zero-order valence-electron chi connectivity index (χ0n) is 8.13. The van der Waals surface area contributed by atoms with Crippen LogP contribution in [0.1, 0.15) is 12.5 Å². The second kappa shape index (κ2) is 4.91. The fourth-order valence-corrected chi connectivity index (χ4v) is 1.11. The number of rotatable bonds is 3. The maximum atomic E-state index is 13.0. The molecule has 0 aliphatic carbocycles. The van der Waals surface area contributed by atoms with Crippen LogP contribution in [0.3, 0.4) is 0 Å². The van der Waals surface area contributed by atoms with E-state index in [4.69, 9.17) is 17.0 Å². The third-order valence-corrected chi connectivity index (χ3v) is 1.90. The normalized spacial score (nSPS) is 9.64. The summed E-state index contributed by atoms with van der Waals surface area (Å²) in [6.45, 7) is 2.39. The summed E-state index contributed by atoms with van der Waals surface area (Å²) in [5.41, 5.74) is 0.937. The highest BCUT2D eigenvalue weighted by atomic mass is 32.1. The maximum Gasteiger partial charge on any atom is 0.165 e. The van der Waals surface area contributed by atoms with Gasteiger partial charge in [0.2, 0.25) is 0 Å². The zero-order chi connectivity index (χ0) is 10.6. The third-order valence-electron chi connectivity index (χ3n) is 1.76. The van der Waals surface area contributed by atoms with E-state index in [1.165, 1.54) is 13.2 Å². The van der Waals surface area contributed by atoms with Crippen molar-refractivity contribution >= 4 is 17.2 Å². The van der Waals surface area contributed by atoms with Gasteiger partial charge < -0.3 is 10.1 Å². The quantitative estimate of drug-likeness (QED) is 0.778. The Hall–Kier alpha value is -1.16. The lowest BCUT2D eigenvalue weighted by molar-refractivity contribution is 0.386. The van der Waals surface area contributed by atoms with E-state index in [9.17, 15) is 4.39 Å². The van der Waals surface area contributed by atoms with Crippen molar-refractivity contribution in [1.82, 2.24) is 5.32 Å². The molecule has 0 radical (unpaired) electrons. The number of hydrogen-bond donors (Lipinski definition) is 1. The van der Waals surface area contributed by atoms with Gasteiger partial charge in [-0.1, -0.05) is 18.3 Å². The molecule has 1 rings (SSSR count). The molecule has 0 aromatic heterocycles. The summed E-state index contributed by atoms with van der Waals surface area (Å²) in [5, 5.41) is 2.99. The molecule has 1 N–H and O–H groups in total. The smallest absolute Gasteiger partial charge is 0.165 e. The van der Waals surface area contributed by atoms with Crippen LogP contribution in [-0.4, -0.2) is 12.1 Å². The molecule has 0 atom stereocenters. The molecule has 0 unspecified atom stereocenters. The van der Waals surface area contributed by atoms with Gasteiger partial charge >= 0.3 is 0 Å². The van der Waals surface area contributed by atoms with Crippen molar-refractivity contribution in [3.63, 3.8) is 0 Å². The Morgan fingerprint density at radius 2 is 2.29 bits per heavy atom. The first kappa shape index (κ1) is 10.9. The molecule has 0 aliphatic heterocycles. The van der Waals surface area contributed by atoms with Gasteiger partial charge in [-0.3, -0.25) is 0 Å². The van der Waals surface area contributed by atoms with Crippen molar-refractivity contribution in [2.24, 2.45) is 0 Å². The number of nitrogens with one attached hydrogen (secondary N) is 1. The largest absolute Gasteiger partial charge is 0.494 e. The average molecular weight is 213 g/mol. The van der Waals surface area contributed by atoms with Gasteiger partial charge in [0, 0.05) is 6.54 Å². The Morgan fingerprint density at radius 3 is 2.86 bits per heavy atom. The molecule has 1 aromatic rings. The summed E-state index contributed by atoms with van der Waals surface area (Å²) in [5.74, 6) is -0.0957. The van der Waals surface area contributed by atoms with E-state index >= 15 is 0 Å². The molecule has 0 aliphatic rings. The molecule has 0 heterocycles. The topological polar surface area (TPSA) is 21.3 Å². The molecule has 0 saturated heterocycles. The van der Waals surface area contributed by atoms with Gasteiger partial charge in [-0.25, -0.2) is 4.39 Å². The fraction of sp³-hybridized carbons (Fsp3) is 0.300. The Bertz CT molecular complexity index is 341. The number of thiocarbonyl (C=S) groups is 1. The van der Waals surface area contributed by atoms with Crippen LogP contribution in [0, 0.1) is 5.82 Å². The Kier molecular flexibility index (Phi) is 3.83. The van der Waals surface area contributed by atoms with Crippen LogP contribution in [0.25, 0.3) is 0 Å². The molecule has 0 spiro atoms. The van der Waals surface area contributed by atoms with Gasteiger partial charge in [-0.15, -0.1) is 0 Å². The lowest BCUT2D eigenvalue weighted by atomic mass is 10.2. The number of benzene rings is 1. The monoisotopic (exact) mass is 213 g/mol. The summed E-state index contributed by atoms with van der Waals surface area (Å²) < 4.78 is 17.9. The molecule has 0 bridgehead atoms. The fourth-order valence-electron chi connectivity index (χ4n) is 1.04. The van der Waals surface area contributed by atoms with Crippen LogP contribution in [0.5, 0.6) is 5.75 Å². The van der Waals surface area contributed by atoms with Crippen LogP contribution in [-0.2, 0) is 6.54 Å².